The van der Waals surface area contributed by atoms with Crippen molar-refractivity contribution < 1.29 is 0 Å². The minimum absolute atomic E-state index is 0.373. The lowest BCUT2D eigenvalue weighted by Gasteiger charge is -2.11. The summed E-state index contributed by atoms with van der Waals surface area (Å²) in [5, 5.41) is 0. The summed E-state index contributed by atoms with van der Waals surface area (Å²) in [7, 11) is 0. The predicted octanol–water partition coefficient (Wildman–Crippen LogP) is 6.53. The van der Waals surface area contributed by atoms with Gasteiger partial charge in [0.15, 0.2) is 0 Å². The van der Waals surface area contributed by atoms with Crippen LogP contribution in [-0.4, -0.2) is 6.04 Å². The van der Waals surface area contributed by atoms with Gasteiger partial charge in [0.05, 0.1) is 0 Å². The molecule has 128 valence electrons. The Balaban J connectivity index is 0. The fraction of sp³-hybridized carbons (Fsp3) is 0.619. The molecular weight excluding hydrogens is 266 g/mol. The number of nitrogens with two attached hydrogens (primary N) is 1. The summed E-state index contributed by atoms with van der Waals surface area (Å²) in [6, 6.07) is 11.0. The second kappa shape index (κ2) is 18.0. The molecule has 0 saturated heterocycles. The van der Waals surface area contributed by atoms with Gasteiger partial charge in [0.25, 0.3) is 0 Å². The zero-order valence-corrected chi connectivity index (χ0v) is 15.9. The van der Waals surface area contributed by atoms with Gasteiger partial charge in [0.1, 0.15) is 0 Å². The Morgan fingerprint density at radius 3 is 2.09 bits per heavy atom. The van der Waals surface area contributed by atoms with Crippen molar-refractivity contribution in [3.05, 3.63) is 47.5 Å². The quantitative estimate of drug-likeness (QED) is 0.543. The first kappa shape index (κ1) is 23.2. The molecule has 0 bridgehead atoms. The van der Waals surface area contributed by atoms with E-state index in [9.17, 15) is 0 Å². The number of allylic oxidation sites excluding steroid dienone is 2. The minimum Gasteiger partial charge on any atom is -0.328 e. The van der Waals surface area contributed by atoms with Crippen LogP contribution in [0.3, 0.4) is 0 Å². The van der Waals surface area contributed by atoms with E-state index in [0.717, 1.165) is 19.3 Å². The molecule has 0 aromatic heterocycles. The molecule has 0 amide bonds. The molecule has 0 spiro atoms. The maximum absolute atomic E-state index is 6.15. The van der Waals surface area contributed by atoms with Crippen LogP contribution in [0.15, 0.2) is 42.0 Å². The Labute approximate surface area is 140 Å². The standard InChI is InChI=1S/C17H27N.2C2H6/c1-3-15(2)9-7-13-17(18)14-8-12-16-10-5-4-6-11-16;2*1-2/h3-6,10-11,17H,7-9,12-14,18H2,1-2H3;2*1-2H3/b15-3+;;. The van der Waals surface area contributed by atoms with Gasteiger partial charge in [-0.1, -0.05) is 69.7 Å². The van der Waals surface area contributed by atoms with Crippen LogP contribution in [0.4, 0.5) is 0 Å². The van der Waals surface area contributed by atoms with E-state index in [2.05, 4.69) is 50.3 Å². The Hall–Kier alpha value is -1.08. The number of hydrogen-bond donors (Lipinski definition) is 1. The number of aryl methyl sites for hydroxylation is 1. The summed E-state index contributed by atoms with van der Waals surface area (Å²) in [5.74, 6) is 0. The van der Waals surface area contributed by atoms with Crippen molar-refractivity contribution in [1.29, 1.82) is 0 Å². The molecular formula is C21H39N. The lowest BCUT2D eigenvalue weighted by molar-refractivity contribution is 0.526. The van der Waals surface area contributed by atoms with Gasteiger partial charge in [-0.3, -0.25) is 0 Å². The van der Waals surface area contributed by atoms with Gasteiger partial charge in [0, 0.05) is 6.04 Å². The molecule has 0 aliphatic heterocycles. The van der Waals surface area contributed by atoms with Crippen LogP contribution in [-0.2, 0) is 6.42 Å². The van der Waals surface area contributed by atoms with Crippen LogP contribution in [0.25, 0.3) is 0 Å². The minimum atomic E-state index is 0.373. The highest BCUT2D eigenvalue weighted by molar-refractivity contribution is 5.14. The molecule has 0 fully saturated rings. The Kier molecular flexibility index (Phi) is 18.9. The second-order valence-corrected chi connectivity index (χ2v) is 5.17. The van der Waals surface area contributed by atoms with Crippen LogP contribution in [0.5, 0.6) is 0 Å². The van der Waals surface area contributed by atoms with Gasteiger partial charge in [-0.25, -0.2) is 0 Å². The van der Waals surface area contributed by atoms with Crippen molar-refractivity contribution in [2.24, 2.45) is 5.73 Å². The number of rotatable bonds is 8. The first-order chi connectivity index (χ1) is 10.7. The van der Waals surface area contributed by atoms with Crippen LogP contribution >= 0.6 is 0 Å². The normalized spacial score (nSPS) is 11.7. The van der Waals surface area contributed by atoms with E-state index in [4.69, 9.17) is 5.73 Å². The largest absolute Gasteiger partial charge is 0.328 e. The number of hydrogen-bond acceptors (Lipinski definition) is 1. The van der Waals surface area contributed by atoms with E-state index in [1.54, 1.807) is 0 Å². The molecule has 1 nitrogen and oxygen atoms in total. The van der Waals surface area contributed by atoms with Crippen molar-refractivity contribution in [3.63, 3.8) is 0 Å². The molecule has 22 heavy (non-hydrogen) atoms. The third-order valence-corrected chi connectivity index (χ3v) is 3.52. The summed E-state index contributed by atoms with van der Waals surface area (Å²) in [6.45, 7) is 12.3. The smallest absolute Gasteiger partial charge is 0.00390 e. The zero-order chi connectivity index (χ0) is 17.2. The highest BCUT2D eigenvalue weighted by Crippen LogP contribution is 2.11. The first-order valence-electron chi connectivity index (χ1n) is 9.13. The topological polar surface area (TPSA) is 26.0 Å². The highest BCUT2D eigenvalue weighted by atomic mass is 14.6. The monoisotopic (exact) mass is 305 g/mol. The summed E-state index contributed by atoms with van der Waals surface area (Å²) in [6.07, 6.45) is 9.27. The van der Waals surface area contributed by atoms with Crippen molar-refractivity contribution in [1.82, 2.24) is 0 Å². The maximum atomic E-state index is 6.15. The van der Waals surface area contributed by atoms with Crippen molar-refractivity contribution in [2.45, 2.75) is 86.1 Å². The van der Waals surface area contributed by atoms with Crippen molar-refractivity contribution in [2.75, 3.05) is 0 Å². The van der Waals surface area contributed by atoms with Crippen LogP contribution in [0.2, 0.25) is 0 Å². The summed E-state index contributed by atoms with van der Waals surface area (Å²) in [5.41, 5.74) is 9.05. The summed E-state index contributed by atoms with van der Waals surface area (Å²) < 4.78 is 0. The van der Waals surface area contributed by atoms with E-state index < -0.39 is 0 Å². The molecule has 1 atom stereocenters. The van der Waals surface area contributed by atoms with Crippen LogP contribution in [0.1, 0.15) is 79.2 Å². The zero-order valence-electron chi connectivity index (χ0n) is 15.9. The van der Waals surface area contributed by atoms with Crippen LogP contribution in [0, 0.1) is 0 Å². The fourth-order valence-electron chi connectivity index (χ4n) is 2.14. The van der Waals surface area contributed by atoms with Gasteiger partial charge < -0.3 is 5.73 Å². The highest BCUT2D eigenvalue weighted by Gasteiger charge is 2.02. The van der Waals surface area contributed by atoms with Gasteiger partial charge >= 0.3 is 0 Å². The molecule has 1 aromatic rings. The molecule has 1 unspecified atom stereocenters. The van der Waals surface area contributed by atoms with Gasteiger partial charge in [0.2, 0.25) is 0 Å². The third-order valence-electron chi connectivity index (χ3n) is 3.52. The summed E-state index contributed by atoms with van der Waals surface area (Å²) >= 11 is 0. The Bertz CT molecular complexity index is 340. The van der Waals surface area contributed by atoms with Crippen molar-refractivity contribution >= 4 is 0 Å². The Morgan fingerprint density at radius 1 is 1.00 bits per heavy atom. The second-order valence-electron chi connectivity index (χ2n) is 5.17. The molecule has 1 heteroatoms. The van der Waals surface area contributed by atoms with Gasteiger partial charge in [-0.2, -0.15) is 0 Å². The molecule has 1 rings (SSSR count). The molecule has 2 N–H and O–H groups in total. The first-order valence-corrected chi connectivity index (χ1v) is 9.13. The maximum Gasteiger partial charge on any atom is 0.00390 e. The molecule has 1 aromatic carbocycles. The molecule has 0 aliphatic carbocycles. The third kappa shape index (κ3) is 13.9. The van der Waals surface area contributed by atoms with E-state index >= 15 is 0 Å². The van der Waals surface area contributed by atoms with E-state index in [1.807, 2.05) is 27.7 Å². The predicted molar refractivity (Wildman–Crippen MR) is 103 cm³/mol. The Morgan fingerprint density at radius 2 is 1.55 bits per heavy atom. The van der Waals surface area contributed by atoms with Crippen molar-refractivity contribution in [3.8, 4) is 0 Å². The average Bonchev–Trinajstić information content (AvgIpc) is 2.59. The molecule has 0 saturated carbocycles. The van der Waals surface area contributed by atoms with Gasteiger partial charge in [-0.15, -0.1) is 0 Å². The lowest BCUT2D eigenvalue weighted by atomic mass is 10.0. The fourth-order valence-corrected chi connectivity index (χ4v) is 2.14. The molecule has 0 aliphatic rings. The average molecular weight is 306 g/mol. The van der Waals surface area contributed by atoms with E-state index in [1.165, 1.54) is 30.4 Å². The van der Waals surface area contributed by atoms with E-state index in [-0.39, 0.29) is 0 Å². The van der Waals surface area contributed by atoms with Crippen LogP contribution < -0.4 is 5.73 Å². The van der Waals surface area contributed by atoms with Gasteiger partial charge in [-0.05, 0) is 57.9 Å². The lowest BCUT2D eigenvalue weighted by Crippen LogP contribution is -2.19. The number of benzene rings is 1. The van der Waals surface area contributed by atoms with E-state index in [0.29, 0.717) is 6.04 Å². The molecule has 0 heterocycles. The molecule has 0 radical (unpaired) electrons. The SMILES string of the molecule is C/C=C(\C)CCCC(N)CCCc1ccccc1.CC.CC. The summed E-state index contributed by atoms with van der Waals surface area (Å²) in [4.78, 5) is 0.